The second-order valence-electron chi connectivity index (χ2n) is 5.13. The maximum atomic E-state index is 12.5. The van der Waals surface area contributed by atoms with E-state index in [0.717, 1.165) is 5.69 Å². The summed E-state index contributed by atoms with van der Waals surface area (Å²) in [5.74, 6) is -0.260. The summed E-state index contributed by atoms with van der Waals surface area (Å²) in [6.45, 7) is 2.25. The molecule has 2 rings (SSSR count). The number of amides is 1. The smallest absolute Gasteiger partial charge is 0.258 e. The average molecular weight is 332 g/mol. The number of sulfonamides is 1. The van der Waals surface area contributed by atoms with Gasteiger partial charge in [0.15, 0.2) is 0 Å². The van der Waals surface area contributed by atoms with Crippen LogP contribution in [0.4, 0.5) is 5.69 Å². The first kappa shape index (κ1) is 17.2. The molecule has 1 N–H and O–H groups in total. The summed E-state index contributed by atoms with van der Waals surface area (Å²) < 4.78 is 26.8. The van der Waals surface area contributed by atoms with Gasteiger partial charge in [-0.25, -0.2) is 13.1 Å². The second kappa shape index (κ2) is 7.39. The third kappa shape index (κ3) is 4.18. The van der Waals surface area contributed by atoms with E-state index in [-0.39, 0.29) is 10.8 Å². The number of hydrogen-bond donors (Lipinski definition) is 1. The zero-order chi connectivity index (χ0) is 16.9. The molecule has 0 saturated heterocycles. The Morgan fingerprint density at radius 2 is 1.78 bits per heavy atom. The number of anilines is 1. The summed E-state index contributed by atoms with van der Waals surface area (Å²) in [6, 6.07) is 15.3. The molecule has 0 saturated carbocycles. The van der Waals surface area contributed by atoms with Gasteiger partial charge in [0.2, 0.25) is 10.0 Å². The van der Waals surface area contributed by atoms with Crippen LogP contribution >= 0.6 is 0 Å². The molecule has 2 aromatic rings. The predicted molar refractivity (Wildman–Crippen MR) is 91.1 cm³/mol. The lowest BCUT2D eigenvalue weighted by Gasteiger charge is -2.17. The maximum Gasteiger partial charge on any atom is 0.258 e. The molecule has 0 aliphatic heterocycles. The summed E-state index contributed by atoms with van der Waals surface area (Å²) in [7, 11) is -1.93. The molecular weight excluding hydrogens is 312 g/mol. The molecule has 0 spiro atoms. The van der Waals surface area contributed by atoms with Crippen LogP contribution in [0.3, 0.4) is 0 Å². The van der Waals surface area contributed by atoms with Crippen molar-refractivity contribution in [3.63, 3.8) is 0 Å². The highest BCUT2D eigenvalue weighted by atomic mass is 32.2. The highest BCUT2D eigenvalue weighted by Gasteiger charge is 2.18. The van der Waals surface area contributed by atoms with Crippen molar-refractivity contribution in [1.82, 2.24) is 4.72 Å². The van der Waals surface area contributed by atoms with Crippen molar-refractivity contribution in [3.8, 4) is 0 Å². The van der Waals surface area contributed by atoms with Gasteiger partial charge in [-0.05, 0) is 36.8 Å². The van der Waals surface area contributed by atoms with Crippen LogP contribution in [0.2, 0.25) is 0 Å². The fourth-order valence-electron chi connectivity index (χ4n) is 2.08. The van der Waals surface area contributed by atoms with Gasteiger partial charge in [0.1, 0.15) is 0 Å². The van der Waals surface area contributed by atoms with Crippen molar-refractivity contribution in [2.45, 2.75) is 18.2 Å². The lowest BCUT2D eigenvalue weighted by Crippen LogP contribution is -2.27. The van der Waals surface area contributed by atoms with Gasteiger partial charge in [-0.15, -0.1) is 0 Å². The predicted octanol–water partition coefficient (Wildman–Crippen LogP) is 2.65. The van der Waals surface area contributed by atoms with E-state index in [2.05, 4.69) is 4.72 Å². The average Bonchev–Trinajstić information content (AvgIpc) is 2.59. The molecule has 0 bridgehead atoms. The van der Waals surface area contributed by atoms with Crippen LogP contribution in [0.25, 0.3) is 0 Å². The van der Waals surface area contributed by atoms with E-state index in [0.29, 0.717) is 18.5 Å². The van der Waals surface area contributed by atoms with Gasteiger partial charge in [0.05, 0.1) is 4.90 Å². The first-order valence-electron chi connectivity index (χ1n) is 7.38. The SMILES string of the molecule is CCCNS(=O)(=O)c1cccc(C(=O)N(C)c2ccccc2)c1. The van der Waals surface area contributed by atoms with E-state index in [1.54, 1.807) is 19.2 Å². The second-order valence-corrected chi connectivity index (χ2v) is 6.89. The summed E-state index contributed by atoms with van der Waals surface area (Å²) in [4.78, 5) is 14.1. The minimum absolute atomic E-state index is 0.0956. The van der Waals surface area contributed by atoms with Gasteiger partial charge in [-0.1, -0.05) is 31.2 Å². The number of carbonyl (C=O) groups is 1. The number of carbonyl (C=O) groups excluding carboxylic acids is 1. The van der Waals surface area contributed by atoms with Crippen molar-refractivity contribution in [1.29, 1.82) is 0 Å². The molecule has 23 heavy (non-hydrogen) atoms. The molecular formula is C17H20N2O3S. The van der Waals surface area contributed by atoms with Gasteiger partial charge in [0, 0.05) is 24.8 Å². The van der Waals surface area contributed by atoms with Crippen LogP contribution in [0.5, 0.6) is 0 Å². The van der Waals surface area contributed by atoms with Crippen molar-refractivity contribution in [2.24, 2.45) is 0 Å². The van der Waals surface area contributed by atoms with Crippen molar-refractivity contribution in [3.05, 3.63) is 60.2 Å². The zero-order valence-corrected chi connectivity index (χ0v) is 14.0. The van der Waals surface area contributed by atoms with Crippen LogP contribution < -0.4 is 9.62 Å². The molecule has 0 radical (unpaired) electrons. The van der Waals surface area contributed by atoms with Crippen molar-refractivity contribution in [2.75, 3.05) is 18.5 Å². The third-order valence-electron chi connectivity index (χ3n) is 3.38. The number of nitrogens with one attached hydrogen (secondary N) is 1. The molecule has 1 amide bonds. The first-order chi connectivity index (χ1) is 11.0. The molecule has 0 aliphatic rings. The molecule has 0 fully saturated rings. The van der Waals surface area contributed by atoms with Gasteiger partial charge in [-0.2, -0.15) is 0 Å². The Morgan fingerprint density at radius 1 is 1.09 bits per heavy atom. The summed E-state index contributed by atoms with van der Waals surface area (Å²) in [6.07, 6.45) is 0.703. The van der Waals surface area contributed by atoms with E-state index in [4.69, 9.17) is 0 Å². The minimum atomic E-state index is -3.59. The van der Waals surface area contributed by atoms with Crippen LogP contribution in [0.15, 0.2) is 59.5 Å². The molecule has 5 nitrogen and oxygen atoms in total. The number of nitrogens with zero attached hydrogens (tertiary/aromatic N) is 1. The zero-order valence-electron chi connectivity index (χ0n) is 13.2. The monoisotopic (exact) mass is 332 g/mol. The number of para-hydroxylation sites is 1. The highest BCUT2D eigenvalue weighted by Crippen LogP contribution is 2.17. The summed E-state index contributed by atoms with van der Waals surface area (Å²) in [5, 5.41) is 0. The topological polar surface area (TPSA) is 66.5 Å². The van der Waals surface area contributed by atoms with Gasteiger partial charge in [-0.3, -0.25) is 4.79 Å². The quantitative estimate of drug-likeness (QED) is 0.884. The Hall–Kier alpha value is -2.18. The summed E-state index contributed by atoms with van der Waals surface area (Å²) in [5.41, 5.74) is 1.07. The number of hydrogen-bond acceptors (Lipinski definition) is 3. The molecule has 6 heteroatoms. The Kier molecular flexibility index (Phi) is 5.52. The Morgan fingerprint density at radius 3 is 2.43 bits per heavy atom. The Bertz CT molecular complexity index is 773. The summed E-state index contributed by atoms with van der Waals surface area (Å²) >= 11 is 0. The van der Waals surface area contributed by atoms with Crippen molar-refractivity contribution < 1.29 is 13.2 Å². The van der Waals surface area contributed by atoms with E-state index in [1.807, 2.05) is 37.3 Å². The van der Waals surface area contributed by atoms with E-state index in [1.165, 1.54) is 17.0 Å². The fraction of sp³-hybridized carbons (Fsp3) is 0.235. The molecule has 122 valence electrons. The van der Waals surface area contributed by atoms with E-state index >= 15 is 0 Å². The highest BCUT2D eigenvalue weighted by molar-refractivity contribution is 7.89. The lowest BCUT2D eigenvalue weighted by atomic mass is 10.2. The van der Waals surface area contributed by atoms with Crippen LogP contribution in [-0.2, 0) is 10.0 Å². The number of rotatable bonds is 6. The van der Waals surface area contributed by atoms with Crippen LogP contribution in [0.1, 0.15) is 23.7 Å². The van der Waals surface area contributed by atoms with Crippen LogP contribution in [-0.4, -0.2) is 27.9 Å². The van der Waals surface area contributed by atoms with Crippen LogP contribution in [0, 0.1) is 0 Å². The van der Waals surface area contributed by atoms with Gasteiger partial charge < -0.3 is 4.90 Å². The van der Waals surface area contributed by atoms with E-state index < -0.39 is 10.0 Å². The Balaban J connectivity index is 2.27. The molecule has 0 aliphatic carbocycles. The molecule has 0 heterocycles. The maximum absolute atomic E-state index is 12.5. The lowest BCUT2D eigenvalue weighted by molar-refractivity contribution is 0.0993. The first-order valence-corrected chi connectivity index (χ1v) is 8.87. The Labute approximate surface area is 137 Å². The molecule has 0 aromatic heterocycles. The van der Waals surface area contributed by atoms with Crippen molar-refractivity contribution >= 4 is 21.6 Å². The fourth-order valence-corrected chi connectivity index (χ4v) is 3.26. The molecule has 2 aromatic carbocycles. The van der Waals surface area contributed by atoms with E-state index in [9.17, 15) is 13.2 Å². The normalized spacial score (nSPS) is 11.2. The number of benzene rings is 2. The van der Waals surface area contributed by atoms with Gasteiger partial charge >= 0.3 is 0 Å². The molecule has 0 unspecified atom stereocenters. The van der Waals surface area contributed by atoms with Gasteiger partial charge in [0.25, 0.3) is 5.91 Å². The molecule has 0 atom stereocenters. The largest absolute Gasteiger partial charge is 0.311 e. The third-order valence-corrected chi connectivity index (χ3v) is 4.84. The minimum Gasteiger partial charge on any atom is -0.311 e. The standard InChI is InChI=1S/C17H20N2O3S/c1-3-12-18-23(21,22)16-11-7-8-14(13-16)17(20)19(2)15-9-5-4-6-10-15/h4-11,13,18H,3,12H2,1-2H3.